The van der Waals surface area contributed by atoms with E-state index >= 15 is 0 Å². The molecule has 9 heteroatoms. The van der Waals surface area contributed by atoms with Crippen LogP contribution < -0.4 is 0 Å². The first-order chi connectivity index (χ1) is 14.8. The number of piperidine rings is 1. The Labute approximate surface area is 178 Å². The fraction of sp³-hybridized carbons (Fsp3) is 0.455. The normalized spacial score (nSPS) is 19.7. The van der Waals surface area contributed by atoms with Crippen molar-refractivity contribution in [3.63, 3.8) is 0 Å². The van der Waals surface area contributed by atoms with Crippen LogP contribution in [0.1, 0.15) is 36.2 Å². The van der Waals surface area contributed by atoms with Gasteiger partial charge in [0.05, 0.1) is 6.54 Å². The van der Waals surface area contributed by atoms with Crippen molar-refractivity contribution in [1.82, 2.24) is 20.1 Å². The summed E-state index contributed by atoms with van der Waals surface area (Å²) in [6, 6.07) is 3.24. The number of hydrogen-bond donors (Lipinski definition) is 0. The molecule has 0 N–H and O–H groups in total. The molecule has 1 unspecified atom stereocenters. The van der Waals surface area contributed by atoms with Crippen LogP contribution in [0.2, 0.25) is 0 Å². The van der Waals surface area contributed by atoms with Crippen LogP contribution in [0, 0.1) is 29.9 Å². The van der Waals surface area contributed by atoms with Gasteiger partial charge in [-0.1, -0.05) is 10.3 Å². The van der Waals surface area contributed by atoms with Crippen LogP contribution in [0.25, 0.3) is 6.08 Å². The molecule has 1 aromatic heterocycles. The number of carbonyl (C=O) groups excluding carboxylic acids is 2. The first-order valence-electron chi connectivity index (χ1n) is 10.2. The molecule has 2 amide bonds. The maximum Gasteiger partial charge on any atom is 0.246 e. The maximum absolute atomic E-state index is 13.7. The minimum absolute atomic E-state index is 0.0428. The molecule has 2 heterocycles. The lowest BCUT2D eigenvalue weighted by Crippen LogP contribution is -2.40. The van der Waals surface area contributed by atoms with Gasteiger partial charge in [-0.3, -0.25) is 9.59 Å². The van der Waals surface area contributed by atoms with Crippen molar-refractivity contribution in [3.05, 3.63) is 52.9 Å². The zero-order chi connectivity index (χ0) is 22.2. The summed E-state index contributed by atoms with van der Waals surface area (Å²) in [5, 5.41) is 7.56. The Balaban J connectivity index is 1.29. The van der Waals surface area contributed by atoms with Gasteiger partial charge in [0.1, 0.15) is 23.0 Å². The van der Waals surface area contributed by atoms with Gasteiger partial charge in [0, 0.05) is 43.8 Å². The van der Waals surface area contributed by atoms with E-state index in [1.807, 2.05) is 0 Å². The van der Waals surface area contributed by atoms with Crippen molar-refractivity contribution in [2.75, 3.05) is 20.1 Å². The molecule has 0 radical (unpaired) electrons. The van der Waals surface area contributed by atoms with Gasteiger partial charge in [0.15, 0.2) is 0 Å². The number of hydrogen-bond acceptors (Lipinski definition) is 5. The SMILES string of the molecule is Cc1nonc1CN(C)C(=O)C1CC12CCN(C(=O)/C=C/c1ccc(F)cc1F)CC2. The first kappa shape index (κ1) is 21.1. The van der Waals surface area contributed by atoms with Crippen LogP contribution in [0.3, 0.4) is 0 Å². The molecule has 1 aromatic carbocycles. The molecule has 2 aromatic rings. The number of amides is 2. The number of carbonyl (C=O) groups is 2. The molecule has 1 saturated heterocycles. The zero-order valence-electron chi connectivity index (χ0n) is 17.5. The third-order valence-corrected chi connectivity index (χ3v) is 6.44. The highest BCUT2D eigenvalue weighted by Gasteiger charge is 2.59. The lowest BCUT2D eigenvalue weighted by atomic mass is 9.90. The summed E-state index contributed by atoms with van der Waals surface area (Å²) >= 11 is 0. The van der Waals surface area contributed by atoms with Gasteiger partial charge < -0.3 is 9.80 Å². The highest BCUT2D eigenvalue weighted by Crippen LogP contribution is 2.60. The summed E-state index contributed by atoms with van der Waals surface area (Å²) in [7, 11) is 1.75. The van der Waals surface area contributed by atoms with E-state index in [2.05, 4.69) is 14.9 Å². The highest BCUT2D eigenvalue weighted by atomic mass is 19.1. The molecule has 31 heavy (non-hydrogen) atoms. The summed E-state index contributed by atoms with van der Waals surface area (Å²) < 4.78 is 31.4. The van der Waals surface area contributed by atoms with Gasteiger partial charge in [-0.05, 0) is 49.8 Å². The Morgan fingerprint density at radius 3 is 2.68 bits per heavy atom. The third kappa shape index (κ3) is 4.35. The van der Waals surface area contributed by atoms with E-state index < -0.39 is 11.6 Å². The second kappa shape index (κ2) is 8.20. The quantitative estimate of drug-likeness (QED) is 0.682. The highest BCUT2D eigenvalue weighted by molar-refractivity contribution is 5.92. The number of halogens is 2. The van der Waals surface area contributed by atoms with Crippen molar-refractivity contribution < 1.29 is 23.0 Å². The molecule has 4 rings (SSSR count). The largest absolute Gasteiger partial charge is 0.339 e. The average Bonchev–Trinajstić information content (AvgIpc) is 3.29. The Bertz CT molecular complexity index is 1030. The molecule has 1 aliphatic heterocycles. The van der Waals surface area contributed by atoms with E-state index in [-0.39, 0.29) is 28.7 Å². The second-order valence-electron chi connectivity index (χ2n) is 8.43. The van der Waals surface area contributed by atoms with Gasteiger partial charge in [-0.15, -0.1) is 0 Å². The van der Waals surface area contributed by atoms with Crippen LogP contribution in [-0.2, 0) is 16.1 Å². The molecular formula is C22H24F2N4O3. The predicted octanol–water partition coefficient (Wildman–Crippen LogP) is 2.96. The summed E-state index contributed by atoms with van der Waals surface area (Å²) in [6.45, 7) is 3.24. The molecule has 1 atom stereocenters. The number of likely N-dealkylation sites (tertiary alicyclic amines) is 1. The lowest BCUT2D eigenvalue weighted by Gasteiger charge is -2.32. The molecule has 2 aliphatic rings. The smallest absolute Gasteiger partial charge is 0.246 e. The zero-order valence-corrected chi connectivity index (χ0v) is 17.5. The summed E-state index contributed by atoms with van der Waals surface area (Å²) in [6.07, 6.45) is 5.01. The van der Waals surface area contributed by atoms with Crippen LogP contribution in [-0.4, -0.2) is 52.1 Å². The molecule has 164 valence electrons. The summed E-state index contributed by atoms with van der Waals surface area (Å²) in [5.41, 5.74) is 1.43. The monoisotopic (exact) mass is 430 g/mol. The van der Waals surface area contributed by atoms with Crippen molar-refractivity contribution >= 4 is 17.9 Å². The predicted molar refractivity (Wildman–Crippen MR) is 107 cm³/mol. The van der Waals surface area contributed by atoms with Gasteiger partial charge >= 0.3 is 0 Å². The number of benzene rings is 1. The summed E-state index contributed by atoms with van der Waals surface area (Å²) in [5.74, 6) is -1.54. The average molecular weight is 430 g/mol. The van der Waals surface area contributed by atoms with Crippen LogP contribution >= 0.6 is 0 Å². The van der Waals surface area contributed by atoms with E-state index in [4.69, 9.17) is 0 Å². The van der Waals surface area contributed by atoms with Crippen molar-refractivity contribution in [3.8, 4) is 0 Å². The fourth-order valence-electron chi connectivity index (χ4n) is 4.29. The van der Waals surface area contributed by atoms with E-state index in [0.717, 1.165) is 31.4 Å². The minimum atomic E-state index is -0.707. The number of aromatic nitrogens is 2. The standard InChI is InChI=1S/C22H24F2N4O3/c1-14-19(26-31-25-14)13-27(2)21(30)17-12-22(17)7-9-28(10-8-22)20(29)6-4-15-3-5-16(23)11-18(15)24/h3-6,11,17H,7-10,12-13H2,1-2H3/b6-4+. The summed E-state index contributed by atoms with van der Waals surface area (Å²) in [4.78, 5) is 28.7. The number of aryl methyl sites for hydroxylation is 1. The topological polar surface area (TPSA) is 79.5 Å². The van der Waals surface area contributed by atoms with E-state index in [0.29, 0.717) is 31.0 Å². The second-order valence-corrected chi connectivity index (χ2v) is 8.43. The molecule has 2 fully saturated rings. The Hall–Kier alpha value is -3.10. The van der Waals surface area contributed by atoms with E-state index in [1.54, 1.807) is 23.8 Å². The van der Waals surface area contributed by atoms with Gasteiger partial charge in [0.2, 0.25) is 11.8 Å². The molecular weight excluding hydrogens is 406 g/mol. The van der Waals surface area contributed by atoms with Gasteiger partial charge in [0.25, 0.3) is 0 Å². The van der Waals surface area contributed by atoms with Gasteiger partial charge in [-0.25, -0.2) is 13.4 Å². The third-order valence-electron chi connectivity index (χ3n) is 6.44. The first-order valence-corrected chi connectivity index (χ1v) is 10.2. The Morgan fingerprint density at radius 1 is 1.29 bits per heavy atom. The molecule has 1 spiro atoms. The van der Waals surface area contributed by atoms with Crippen LogP contribution in [0.4, 0.5) is 8.78 Å². The molecule has 1 saturated carbocycles. The van der Waals surface area contributed by atoms with Crippen molar-refractivity contribution in [2.45, 2.75) is 32.7 Å². The molecule has 1 aliphatic carbocycles. The van der Waals surface area contributed by atoms with Crippen LogP contribution in [0.15, 0.2) is 28.9 Å². The minimum Gasteiger partial charge on any atom is -0.339 e. The van der Waals surface area contributed by atoms with E-state index in [9.17, 15) is 18.4 Å². The molecule has 0 bridgehead atoms. The van der Waals surface area contributed by atoms with Crippen molar-refractivity contribution in [2.24, 2.45) is 11.3 Å². The Kier molecular flexibility index (Phi) is 5.60. The number of nitrogens with zero attached hydrogens (tertiary/aromatic N) is 4. The maximum atomic E-state index is 13.7. The fourth-order valence-corrected chi connectivity index (χ4v) is 4.29. The Morgan fingerprint density at radius 2 is 2.03 bits per heavy atom. The van der Waals surface area contributed by atoms with E-state index in [1.165, 1.54) is 18.2 Å². The van der Waals surface area contributed by atoms with Crippen LogP contribution in [0.5, 0.6) is 0 Å². The van der Waals surface area contributed by atoms with Crippen molar-refractivity contribution in [1.29, 1.82) is 0 Å². The molecule has 7 nitrogen and oxygen atoms in total. The number of rotatable bonds is 5. The lowest BCUT2D eigenvalue weighted by molar-refractivity contribution is -0.133. The van der Waals surface area contributed by atoms with Gasteiger partial charge in [-0.2, -0.15) is 0 Å².